The van der Waals surface area contributed by atoms with Crippen LogP contribution < -0.4 is 9.47 Å². The molecule has 0 saturated carbocycles. The van der Waals surface area contributed by atoms with Crippen molar-refractivity contribution in [1.82, 2.24) is 9.80 Å². The Balaban J connectivity index is 1.44. The van der Waals surface area contributed by atoms with Gasteiger partial charge in [0.05, 0.1) is 31.4 Å². The zero-order valence-electron chi connectivity index (χ0n) is 25.0. The number of ketones is 1. The van der Waals surface area contributed by atoms with E-state index in [1.165, 1.54) is 0 Å². The molecule has 3 aromatic carbocycles. The van der Waals surface area contributed by atoms with Crippen molar-refractivity contribution in [1.29, 1.82) is 0 Å². The summed E-state index contributed by atoms with van der Waals surface area (Å²) in [6.07, 6.45) is 1.98. The van der Waals surface area contributed by atoms with Gasteiger partial charge in [0.1, 0.15) is 23.9 Å². The number of morpholine rings is 1. The lowest BCUT2D eigenvalue weighted by Crippen LogP contribution is -2.42. The van der Waals surface area contributed by atoms with E-state index >= 15 is 0 Å². The average molecular weight is 585 g/mol. The first kappa shape index (κ1) is 30.3. The van der Waals surface area contributed by atoms with Crippen molar-refractivity contribution in [2.24, 2.45) is 0 Å². The van der Waals surface area contributed by atoms with Crippen molar-refractivity contribution in [2.75, 3.05) is 46.0 Å². The van der Waals surface area contributed by atoms with Crippen molar-refractivity contribution in [3.05, 3.63) is 101 Å². The van der Waals surface area contributed by atoms with E-state index in [2.05, 4.69) is 11.8 Å². The second-order valence-electron chi connectivity index (χ2n) is 11.0. The second kappa shape index (κ2) is 14.4. The van der Waals surface area contributed by atoms with Crippen LogP contribution in [0.4, 0.5) is 0 Å². The number of hydrogen-bond donors (Lipinski definition) is 1. The highest BCUT2D eigenvalue weighted by atomic mass is 16.5. The summed E-state index contributed by atoms with van der Waals surface area (Å²) in [4.78, 5) is 30.8. The number of aryl methyl sites for hydroxylation is 1. The number of unbranched alkanes of at least 4 members (excludes halogenated alkanes) is 1. The Labute approximate surface area is 253 Å². The molecule has 8 heteroatoms. The number of amides is 1. The molecule has 2 aliphatic heterocycles. The Bertz CT molecular complexity index is 1430. The lowest BCUT2D eigenvalue weighted by molar-refractivity contribution is -0.140. The van der Waals surface area contributed by atoms with Crippen molar-refractivity contribution < 1.29 is 28.9 Å². The molecule has 0 radical (unpaired) electrons. The molecule has 2 saturated heterocycles. The predicted molar refractivity (Wildman–Crippen MR) is 165 cm³/mol. The molecule has 2 aliphatic rings. The van der Waals surface area contributed by atoms with Crippen LogP contribution in [-0.4, -0.2) is 72.6 Å². The number of benzene rings is 3. The number of hydrogen-bond acceptors (Lipinski definition) is 7. The number of carbonyl (C=O) groups is 2. The normalized spacial score (nSPS) is 18.7. The number of likely N-dealkylation sites (tertiary alicyclic amines) is 1. The molecule has 1 atom stereocenters. The van der Waals surface area contributed by atoms with Gasteiger partial charge < -0.3 is 24.2 Å². The molecule has 1 amide bonds. The van der Waals surface area contributed by atoms with E-state index in [0.29, 0.717) is 56.6 Å². The van der Waals surface area contributed by atoms with Crippen LogP contribution in [0.2, 0.25) is 0 Å². The maximum absolute atomic E-state index is 13.6. The maximum atomic E-state index is 13.6. The number of rotatable bonds is 12. The Hall–Kier alpha value is -4.14. The number of aliphatic hydroxyl groups excluding tert-OH is 1. The van der Waals surface area contributed by atoms with Gasteiger partial charge in [-0.3, -0.25) is 14.5 Å². The van der Waals surface area contributed by atoms with Gasteiger partial charge in [0.25, 0.3) is 11.7 Å². The van der Waals surface area contributed by atoms with Gasteiger partial charge in [-0.25, -0.2) is 0 Å². The minimum absolute atomic E-state index is 0.0904. The number of nitrogens with zero attached hydrogens (tertiary/aromatic N) is 2. The lowest BCUT2D eigenvalue weighted by Gasteiger charge is -2.31. The molecular weight excluding hydrogens is 544 g/mol. The first-order valence-corrected chi connectivity index (χ1v) is 15.0. The molecule has 0 aromatic heterocycles. The summed E-state index contributed by atoms with van der Waals surface area (Å²) in [6.45, 7) is 8.79. The zero-order valence-corrected chi connectivity index (χ0v) is 25.0. The van der Waals surface area contributed by atoms with Crippen molar-refractivity contribution >= 4 is 17.4 Å². The molecule has 5 rings (SSSR count). The minimum Gasteiger partial charge on any atom is -0.507 e. The molecule has 3 aromatic rings. The van der Waals surface area contributed by atoms with Gasteiger partial charge in [0.15, 0.2) is 0 Å². The smallest absolute Gasteiger partial charge is 0.295 e. The highest BCUT2D eigenvalue weighted by molar-refractivity contribution is 6.46. The third-order valence-corrected chi connectivity index (χ3v) is 7.96. The Morgan fingerprint density at radius 1 is 0.930 bits per heavy atom. The van der Waals surface area contributed by atoms with Gasteiger partial charge in [-0.2, -0.15) is 0 Å². The van der Waals surface area contributed by atoms with Gasteiger partial charge in [0.2, 0.25) is 0 Å². The van der Waals surface area contributed by atoms with E-state index in [9.17, 15) is 14.7 Å². The molecular formula is C35H40N2O6. The van der Waals surface area contributed by atoms with E-state index in [4.69, 9.17) is 14.2 Å². The number of ether oxygens (including phenoxy) is 3. The van der Waals surface area contributed by atoms with Gasteiger partial charge in [-0.15, -0.1) is 0 Å². The van der Waals surface area contributed by atoms with Crippen LogP contribution in [0.15, 0.2) is 78.4 Å². The third-order valence-electron chi connectivity index (χ3n) is 7.96. The van der Waals surface area contributed by atoms with E-state index in [1.807, 2.05) is 67.6 Å². The highest BCUT2D eigenvalue weighted by Crippen LogP contribution is 2.40. The van der Waals surface area contributed by atoms with Crippen molar-refractivity contribution in [3.8, 4) is 11.5 Å². The van der Waals surface area contributed by atoms with Crippen molar-refractivity contribution in [2.45, 2.75) is 39.3 Å². The monoisotopic (exact) mass is 584 g/mol. The van der Waals surface area contributed by atoms with E-state index in [1.54, 1.807) is 17.0 Å². The molecule has 1 unspecified atom stereocenters. The van der Waals surface area contributed by atoms with Crippen LogP contribution in [0, 0.1) is 6.92 Å². The molecule has 2 heterocycles. The zero-order chi connectivity index (χ0) is 30.2. The van der Waals surface area contributed by atoms with E-state index in [0.717, 1.165) is 42.6 Å². The third kappa shape index (κ3) is 7.27. The van der Waals surface area contributed by atoms with Crippen LogP contribution in [-0.2, 0) is 20.9 Å². The van der Waals surface area contributed by atoms with Crippen molar-refractivity contribution in [3.63, 3.8) is 0 Å². The van der Waals surface area contributed by atoms with E-state index < -0.39 is 17.7 Å². The number of aliphatic hydroxyl groups is 1. The molecule has 1 N–H and O–H groups in total. The fraction of sp³-hybridized carbons (Fsp3) is 0.371. The lowest BCUT2D eigenvalue weighted by atomic mass is 9.94. The van der Waals surface area contributed by atoms with Crippen LogP contribution in [0.1, 0.15) is 48.1 Å². The predicted octanol–water partition coefficient (Wildman–Crippen LogP) is 5.51. The molecule has 2 fully saturated rings. The van der Waals surface area contributed by atoms with Crippen LogP contribution >= 0.6 is 0 Å². The SMILES string of the molecule is CCCCOc1ccc(/C(O)=C2\C(=O)C(=O)N(CCN3CCOCC3)C2c2ccc(OCc3ccccc3)cc2)c(C)c1. The average Bonchev–Trinajstić information content (AvgIpc) is 3.29. The minimum atomic E-state index is -0.732. The summed E-state index contributed by atoms with van der Waals surface area (Å²) >= 11 is 0. The quantitative estimate of drug-likeness (QED) is 0.130. The molecule has 0 bridgehead atoms. The summed E-state index contributed by atoms with van der Waals surface area (Å²) < 4.78 is 17.3. The highest BCUT2D eigenvalue weighted by Gasteiger charge is 2.46. The summed E-state index contributed by atoms with van der Waals surface area (Å²) in [7, 11) is 0. The summed E-state index contributed by atoms with van der Waals surface area (Å²) in [5.74, 6) is -0.0966. The standard InChI is InChI=1S/C35H40N2O6/c1-3-4-20-42-29-14-15-30(25(2)23-29)33(38)31-32(37(35(40)34(31)39)17-16-36-18-21-41-22-19-36)27-10-12-28(13-11-27)43-24-26-8-6-5-7-9-26/h5-15,23,32,38H,3-4,16-22,24H2,1-2H3/b33-31+. The molecule has 0 aliphatic carbocycles. The number of Topliss-reactive ketones (excluding diaryl/α,β-unsaturated/α-hetero) is 1. The largest absolute Gasteiger partial charge is 0.507 e. The van der Waals surface area contributed by atoms with Crippen LogP contribution in [0.25, 0.3) is 5.76 Å². The Kier molecular flexibility index (Phi) is 10.1. The molecule has 0 spiro atoms. The van der Waals surface area contributed by atoms with Gasteiger partial charge >= 0.3 is 0 Å². The Morgan fingerprint density at radius 3 is 2.35 bits per heavy atom. The maximum Gasteiger partial charge on any atom is 0.295 e. The molecule has 226 valence electrons. The summed E-state index contributed by atoms with van der Waals surface area (Å²) in [6, 6.07) is 22.0. The van der Waals surface area contributed by atoms with Gasteiger partial charge in [-0.05, 0) is 60.4 Å². The first-order chi connectivity index (χ1) is 21.0. The van der Waals surface area contributed by atoms with Gasteiger partial charge in [0, 0.05) is 31.7 Å². The van der Waals surface area contributed by atoms with Crippen LogP contribution in [0.5, 0.6) is 11.5 Å². The van der Waals surface area contributed by atoms with Crippen LogP contribution in [0.3, 0.4) is 0 Å². The second-order valence-corrected chi connectivity index (χ2v) is 11.0. The van der Waals surface area contributed by atoms with E-state index in [-0.39, 0.29) is 11.3 Å². The summed E-state index contributed by atoms with van der Waals surface area (Å²) in [5.41, 5.74) is 3.14. The molecule has 43 heavy (non-hydrogen) atoms. The summed E-state index contributed by atoms with van der Waals surface area (Å²) in [5, 5.41) is 11.6. The van der Waals surface area contributed by atoms with Gasteiger partial charge in [-0.1, -0.05) is 55.8 Å². The first-order valence-electron chi connectivity index (χ1n) is 15.0. The fourth-order valence-electron chi connectivity index (χ4n) is 5.49. The molecule has 8 nitrogen and oxygen atoms in total. The number of carbonyl (C=O) groups excluding carboxylic acids is 2. The Morgan fingerprint density at radius 2 is 1.65 bits per heavy atom. The fourth-order valence-corrected chi connectivity index (χ4v) is 5.49. The topological polar surface area (TPSA) is 88.5 Å².